The third kappa shape index (κ3) is 2.67. The fourth-order valence-electron chi connectivity index (χ4n) is 0.947. The highest BCUT2D eigenvalue weighted by Crippen LogP contribution is 2.33. The van der Waals surface area contributed by atoms with Crippen LogP contribution in [-0.4, -0.2) is 23.3 Å². The SMILES string of the molecule is CC(O)CCNC1(C)CC1. The number of hydrogen-bond acceptors (Lipinski definition) is 2. The highest BCUT2D eigenvalue weighted by molar-refractivity contribution is 4.97. The van der Waals surface area contributed by atoms with Gasteiger partial charge in [-0.3, -0.25) is 0 Å². The Morgan fingerprint density at radius 3 is 2.60 bits per heavy atom. The molecule has 0 bridgehead atoms. The molecule has 2 nitrogen and oxygen atoms in total. The largest absolute Gasteiger partial charge is 0.393 e. The highest BCUT2D eigenvalue weighted by atomic mass is 16.3. The zero-order valence-electron chi connectivity index (χ0n) is 6.85. The molecular weight excluding hydrogens is 126 g/mol. The predicted octanol–water partition coefficient (Wildman–Crippen LogP) is 0.899. The van der Waals surface area contributed by atoms with Crippen LogP contribution in [0, 0.1) is 0 Å². The van der Waals surface area contributed by atoms with Crippen LogP contribution in [0.15, 0.2) is 0 Å². The first-order chi connectivity index (χ1) is 4.62. The zero-order valence-corrected chi connectivity index (χ0v) is 6.85. The third-order valence-electron chi connectivity index (χ3n) is 2.11. The zero-order chi connectivity index (χ0) is 7.61. The normalized spacial score (nSPS) is 24.3. The van der Waals surface area contributed by atoms with Crippen molar-refractivity contribution >= 4 is 0 Å². The quantitative estimate of drug-likeness (QED) is 0.613. The van der Waals surface area contributed by atoms with Gasteiger partial charge in [-0.15, -0.1) is 0 Å². The molecule has 0 heterocycles. The Balaban J connectivity index is 1.95. The van der Waals surface area contributed by atoms with Crippen molar-refractivity contribution in [2.24, 2.45) is 0 Å². The number of hydrogen-bond donors (Lipinski definition) is 2. The molecule has 1 aliphatic rings. The van der Waals surface area contributed by atoms with Crippen LogP contribution in [0.5, 0.6) is 0 Å². The lowest BCUT2D eigenvalue weighted by molar-refractivity contribution is 0.182. The van der Waals surface area contributed by atoms with E-state index in [0.29, 0.717) is 5.54 Å². The molecule has 0 aromatic carbocycles. The van der Waals surface area contributed by atoms with Crippen molar-refractivity contribution in [3.8, 4) is 0 Å². The van der Waals surface area contributed by atoms with E-state index in [0.717, 1.165) is 13.0 Å². The van der Waals surface area contributed by atoms with Gasteiger partial charge in [0.2, 0.25) is 0 Å². The van der Waals surface area contributed by atoms with Crippen LogP contribution in [-0.2, 0) is 0 Å². The lowest BCUT2D eigenvalue weighted by Gasteiger charge is -2.11. The molecule has 0 radical (unpaired) electrons. The first-order valence-corrected chi connectivity index (χ1v) is 4.05. The fourth-order valence-corrected chi connectivity index (χ4v) is 0.947. The number of rotatable bonds is 4. The molecule has 1 saturated carbocycles. The summed E-state index contributed by atoms with van der Waals surface area (Å²) in [4.78, 5) is 0. The maximum absolute atomic E-state index is 8.93. The smallest absolute Gasteiger partial charge is 0.0524 e. The van der Waals surface area contributed by atoms with Crippen molar-refractivity contribution in [3.05, 3.63) is 0 Å². The summed E-state index contributed by atoms with van der Waals surface area (Å²) in [5.74, 6) is 0. The second-order valence-electron chi connectivity index (χ2n) is 3.63. The van der Waals surface area contributed by atoms with Crippen LogP contribution in [0.25, 0.3) is 0 Å². The molecule has 1 rings (SSSR count). The Bertz CT molecular complexity index is 108. The van der Waals surface area contributed by atoms with Gasteiger partial charge in [0.15, 0.2) is 0 Å². The molecule has 1 atom stereocenters. The average molecular weight is 143 g/mol. The fraction of sp³-hybridized carbons (Fsp3) is 1.00. The molecular formula is C8H17NO. The molecule has 0 aromatic heterocycles. The molecule has 60 valence electrons. The number of aliphatic hydroxyl groups excluding tert-OH is 1. The minimum atomic E-state index is -0.158. The maximum atomic E-state index is 8.93. The molecule has 10 heavy (non-hydrogen) atoms. The van der Waals surface area contributed by atoms with E-state index >= 15 is 0 Å². The van der Waals surface area contributed by atoms with Crippen molar-refractivity contribution in [1.82, 2.24) is 5.32 Å². The van der Waals surface area contributed by atoms with Gasteiger partial charge in [-0.1, -0.05) is 0 Å². The van der Waals surface area contributed by atoms with Crippen molar-refractivity contribution in [1.29, 1.82) is 0 Å². The Morgan fingerprint density at radius 1 is 1.60 bits per heavy atom. The molecule has 1 unspecified atom stereocenters. The van der Waals surface area contributed by atoms with Crippen LogP contribution >= 0.6 is 0 Å². The Morgan fingerprint density at radius 2 is 2.20 bits per heavy atom. The summed E-state index contributed by atoms with van der Waals surface area (Å²) in [6.45, 7) is 5.01. The minimum absolute atomic E-state index is 0.158. The highest BCUT2D eigenvalue weighted by Gasteiger charge is 2.35. The standard InChI is InChI=1S/C8H17NO/c1-7(10)3-6-9-8(2)4-5-8/h7,9-10H,3-6H2,1-2H3. The molecule has 0 spiro atoms. The summed E-state index contributed by atoms with van der Waals surface area (Å²) in [5.41, 5.74) is 0.425. The molecule has 0 aromatic rings. The van der Waals surface area contributed by atoms with Gasteiger partial charge in [0.25, 0.3) is 0 Å². The molecule has 2 heteroatoms. The summed E-state index contributed by atoms with van der Waals surface area (Å²) in [5, 5.41) is 12.3. The van der Waals surface area contributed by atoms with E-state index in [9.17, 15) is 0 Å². The Kier molecular flexibility index (Phi) is 2.32. The van der Waals surface area contributed by atoms with Crippen molar-refractivity contribution < 1.29 is 5.11 Å². The first kappa shape index (κ1) is 8.02. The molecule has 1 fully saturated rings. The second kappa shape index (κ2) is 2.89. The van der Waals surface area contributed by atoms with E-state index in [4.69, 9.17) is 5.11 Å². The second-order valence-corrected chi connectivity index (χ2v) is 3.63. The Hall–Kier alpha value is -0.0800. The van der Waals surface area contributed by atoms with E-state index in [1.54, 1.807) is 0 Å². The maximum Gasteiger partial charge on any atom is 0.0524 e. The van der Waals surface area contributed by atoms with Gasteiger partial charge in [0.05, 0.1) is 6.10 Å². The van der Waals surface area contributed by atoms with Crippen LogP contribution in [0.2, 0.25) is 0 Å². The summed E-state index contributed by atoms with van der Waals surface area (Å²) in [6, 6.07) is 0. The third-order valence-corrected chi connectivity index (χ3v) is 2.11. The lowest BCUT2D eigenvalue weighted by Crippen LogP contribution is -2.30. The van der Waals surface area contributed by atoms with Crippen LogP contribution in [0.1, 0.15) is 33.1 Å². The number of nitrogens with one attached hydrogen (secondary N) is 1. The van der Waals surface area contributed by atoms with Crippen molar-refractivity contribution in [2.45, 2.75) is 44.8 Å². The molecule has 0 saturated heterocycles. The lowest BCUT2D eigenvalue weighted by atomic mass is 10.2. The van der Waals surface area contributed by atoms with Gasteiger partial charge in [-0.25, -0.2) is 0 Å². The molecule has 1 aliphatic carbocycles. The summed E-state index contributed by atoms with van der Waals surface area (Å²) >= 11 is 0. The van der Waals surface area contributed by atoms with E-state index in [-0.39, 0.29) is 6.10 Å². The minimum Gasteiger partial charge on any atom is -0.393 e. The number of aliphatic hydroxyl groups is 1. The Labute approximate surface area is 62.6 Å². The summed E-state index contributed by atoms with van der Waals surface area (Å²) in [6.07, 6.45) is 3.31. The topological polar surface area (TPSA) is 32.3 Å². The van der Waals surface area contributed by atoms with Crippen molar-refractivity contribution in [3.63, 3.8) is 0 Å². The molecule has 0 amide bonds. The van der Waals surface area contributed by atoms with Gasteiger partial charge in [-0.05, 0) is 39.7 Å². The van der Waals surface area contributed by atoms with E-state index in [1.165, 1.54) is 12.8 Å². The van der Waals surface area contributed by atoms with Gasteiger partial charge >= 0.3 is 0 Å². The van der Waals surface area contributed by atoms with Crippen LogP contribution in [0.3, 0.4) is 0 Å². The first-order valence-electron chi connectivity index (χ1n) is 4.05. The monoisotopic (exact) mass is 143 g/mol. The summed E-state index contributed by atoms with van der Waals surface area (Å²) in [7, 11) is 0. The van der Waals surface area contributed by atoms with Crippen molar-refractivity contribution in [2.75, 3.05) is 6.54 Å². The van der Waals surface area contributed by atoms with Gasteiger partial charge in [-0.2, -0.15) is 0 Å². The van der Waals surface area contributed by atoms with Gasteiger partial charge in [0.1, 0.15) is 0 Å². The van der Waals surface area contributed by atoms with Crippen LogP contribution in [0.4, 0.5) is 0 Å². The van der Waals surface area contributed by atoms with Crippen LogP contribution < -0.4 is 5.32 Å². The van der Waals surface area contributed by atoms with E-state index in [1.807, 2.05) is 6.92 Å². The molecule has 2 N–H and O–H groups in total. The predicted molar refractivity (Wildman–Crippen MR) is 41.9 cm³/mol. The van der Waals surface area contributed by atoms with Gasteiger partial charge < -0.3 is 10.4 Å². The van der Waals surface area contributed by atoms with Gasteiger partial charge in [0, 0.05) is 5.54 Å². The molecule has 0 aliphatic heterocycles. The van der Waals surface area contributed by atoms with E-state index < -0.39 is 0 Å². The summed E-state index contributed by atoms with van der Waals surface area (Å²) < 4.78 is 0. The average Bonchev–Trinajstić information content (AvgIpc) is 2.47. The van der Waals surface area contributed by atoms with E-state index in [2.05, 4.69) is 12.2 Å².